The fourth-order valence-corrected chi connectivity index (χ4v) is 2.38. The van der Waals surface area contributed by atoms with E-state index in [0.29, 0.717) is 0 Å². The highest BCUT2D eigenvalue weighted by atomic mass is 35.5. The van der Waals surface area contributed by atoms with E-state index in [-0.39, 0.29) is 0 Å². The lowest BCUT2D eigenvalue weighted by Gasteiger charge is -2.32. The van der Waals surface area contributed by atoms with E-state index in [1.165, 1.54) is 0 Å². The van der Waals surface area contributed by atoms with Crippen molar-refractivity contribution in [2.75, 3.05) is 26.4 Å². The minimum absolute atomic E-state index is 0.605. The molecule has 16 heteroatoms. The molecule has 184 valence electrons. The van der Waals surface area contributed by atoms with Crippen molar-refractivity contribution in [3.8, 4) is 0 Å². The van der Waals surface area contributed by atoms with Crippen LogP contribution in [0.5, 0.6) is 0 Å². The molecule has 0 fully saturated rings. The van der Waals surface area contributed by atoms with E-state index < -0.39 is 77.2 Å². The van der Waals surface area contributed by atoms with Crippen LogP contribution < -0.4 is 0 Å². The largest absolute Gasteiger partial charge is 0.463 e. The quantitative estimate of drug-likeness (QED) is 0.110. The molecule has 0 aliphatic heterocycles. The molecule has 0 aliphatic rings. The van der Waals surface area contributed by atoms with Gasteiger partial charge in [0.15, 0.2) is 21.5 Å². The SMILES string of the molecule is O=C(OCC(COC(=O)C(Cl)C=S)(COC(=O)C(Cl)C=S)COC(=O)C(Cl)C=S)C(Cl)C=S. The monoisotopic (exact) mass is 616 g/mol. The second kappa shape index (κ2) is 16.9. The number of rotatable bonds is 16. The van der Waals surface area contributed by atoms with Gasteiger partial charge in [-0.05, 0) is 0 Å². The lowest BCUT2D eigenvalue weighted by molar-refractivity contribution is -0.168. The minimum atomic E-state index is -1.64. The summed E-state index contributed by atoms with van der Waals surface area (Å²) in [5.41, 5.74) is -1.64. The van der Waals surface area contributed by atoms with E-state index >= 15 is 0 Å². The van der Waals surface area contributed by atoms with Gasteiger partial charge in [-0.2, -0.15) is 0 Å². The average Bonchev–Trinajstić information content (AvgIpc) is 2.84. The Labute approximate surface area is 230 Å². The van der Waals surface area contributed by atoms with E-state index in [0.717, 1.165) is 21.5 Å². The number of hydrogen-bond donors (Lipinski definition) is 0. The van der Waals surface area contributed by atoms with Crippen molar-refractivity contribution in [1.29, 1.82) is 0 Å². The molecule has 33 heavy (non-hydrogen) atoms. The third kappa shape index (κ3) is 12.1. The maximum Gasteiger partial charge on any atom is 0.328 e. The zero-order valence-corrected chi connectivity index (χ0v) is 22.6. The van der Waals surface area contributed by atoms with Gasteiger partial charge in [0.2, 0.25) is 0 Å². The molecule has 0 N–H and O–H groups in total. The molecule has 0 aromatic carbocycles. The lowest BCUT2D eigenvalue weighted by atomic mass is 9.92. The van der Waals surface area contributed by atoms with Crippen molar-refractivity contribution in [1.82, 2.24) is 0 Å². The summed E-state index contributed by atoms with van der Waals surface area (Å²) in [5.74, 6) is -3.84. The van der Waals surface area contributed by atoms with E-state index in [1.807, 2.05) is 0 Å². The molecule has 0 bridgehead atoms. The van der Waals surface area contributed by atoms with Gasteiger partial charge < -0.3 is 18.9 Å². The summed E-state index contributed by atoms with van der Waals surface area (Å²) in [6.45, 7) is -2.42. The Kier molecular flexibility index (Phi) is 16.6. The predicted molar refractivity (Wildman–Crippen MR) is 139 cm³/mol. The molecule has 4 atom stereocenters. The van der Waals surface area contributed by atoms with Gasteiger partial charge in [0, 0.05) is 21.5 Å². The van der Waals surface area contributed by atoms with Crippen LogP contribution in [0, 0.1) is 5.41 Å². The summed E-state index contributed by atoms with van der Waals surface area (Å²) in [7, 11) is 0. The van der Waals surface area contributed by atoms with Gasteiger partial charge in [-0.1, -0.05) is 48.9 Å². The molecule has 0 saturated heterocycles. The fraction of sp³-hybridized carbons (Fsp3) is 0.529. The number of esters is 4. The predicted octanol–water partition coefficient (Wildman–Crippen LogP) is 2.57. The van der Waals surface area contributed by atoms with Crippen LogP contribution >= 0.6 is 95.3 Å². The molecular weight excluding hydrogens is 602 g/mol. The van der Waals surface area contributed by atoms with Crippen molar-refractivity contribution in [2.45, 2.75) is 21.5 Å². The first-order valence-electron chi connectivity index (χ1n) is 8.51. The van der Waals surface area contributed by atoms with Gasteiger partial charge in [-0.15, -0.1) is 46.4 Å². The van der Waals surface area contributed by atoms with Crippen LogP contribution in [-0.2, 0) is 38.1 Å². The van der Waals surface area contributed by atoms with Crippen molar-refractivity contribution >= 4 is 141 Å². The van der Waals surface area contributed by atoms with Gasteiger partial charge in [0.05, 0.1) is 0 Å². The second-order valence-corrected chi connectivity index (χ2v) is 9.05. The molecule has 0 saturated carbocycles. The topological polar surface area (TPSA) is 105 Å². The summed E-state index contributed by atoms with van der Waals surface area (Å²) in [6.07, 6.45) is 0. The van der Waals surface area contributed by atoms with Crippen LogP contribution in [0.1, 0.15) is 0 Å². The molecular formula is C17H16Cl4O8S4. The van der Waals surface area contributed by atoms with Crippen LogP contribution in [0.3, 0.4) is 0 Å². The van der Waals surface area contributed by atoms with Crippen molar-refractivity contribution in [3.63, 3.8) is 0 Å². The highest BCUT2D eigenvalue weighted by molar-refractivity contribution is 7.79. The molecule has 0 aliphatic carbocycles. The lowest BCUT2D eigenvalue weighted by Crippen LogP contribution is -2.46. The standard InChI is InChI=1S/C17H16Cl4O8S4/c18-9(1-30)13(22)26-5-17(6-27-14(23)10(19)2-31,7-28-15(24)11(20)3-32)8-29-16(25)12(21)4-33/h1-4,9-12H,5-8H2. The maximum absolute atomic E-state index is 12.0. The summed E-state index contributed by atoms with van der Waals surface area (Å²) in [5, 5.41) is -1.35. The molecule has 0 aromatic heterocycles. The van der Waals surface area contributed by atoms with E-state index in [9.17, 15) is 19.2 Å². The summed E-state index contributed by atoms with van der Waals surface area (Å²) >= 11 is 41.2. The number of carbonyl (C=O) groups is 4. The minimum Gasteiger partial charge on any atom is -0.463 e. The van der Waals surface area contributed by atoms with Crippen molar-refractivity contribution < 1.29 is 38.1 Å². The van der Waals surface area contributed by atoms with Gasteiger partial charge in [0.25, 0.3) is 0 Å². The summed E-state index contributed by atoms with van der Waals surface area (Å²) < 4.78 is 20.4. The zero-order valence-electron chi connectivity index (χ0n) is 16.4. The van der Waals surface area contributed by atoms with Gasteiger partial charge in [-0.3, -0.25) is 19.2 Å². The Morgan fingerprint density at radius 1 is 0.545 bits per heavy atom. The van der Waals surface area contributed by atoms with Crippen molar-refractivity contribution in [2.24, 2.45) is 5.41 Å². The fourth-order valence-electron chi connectivity index (χ4n) is 1.69. The average molecular weight is 618 g/mol. The highest BCUT2D eigenvalue weighted by Gasteiger charge is 2.39. The molecule has 0 rings (SSSR count). The van der Waals surface area contributed by atoms with E-state index in [2.05, 4.69) is 48.9 Å². The molecule has 4 unspecified atom stereocenters. The Morgan fingerprint density at radius 2 is 0.727 bits per heavy atom. The molecule has 8 nitrogen and oxygen atoms in total. The Balaban J connectivity index is 5.87. The van der Waals surface area contributed by atoms with Gasteiger partial charge in [0.1, 0.15) is 31.8 Å². The zero-order chi connectivity index (χ0) is 25.6. The summed E-state index contributed by atoms with van der Waals surface area (Å²) in [4.78, 5) is 48.0. The van der Waals surface area contributed by atoms with Crippen LogP contribution in [0.4, 0.5) is 0 Å². The third-order valence-electron chi connectivity index (χ3n) is 3.46. The van der Waals surface area contributed by atoms with Crippen LogP contribution in [0.25, 0.3) is 0 Å². The first kappa shape index (κ1) is 32.4. The normalized spacial score (nSPS) is 15.9. The molecule has 0 spiro atoms. The Morgan fingerprint density at radius 3 is 0.879 bits per heavy atom. The number of halogens is 4. The Hall–Kier alpha value is -0.600. The van der Waals surface area contributed by atoms with Crippen molar-refractivity contribution in [3.05, 3.63) is 0 Å². The third-order valence-corrected chi connectivity index (χ3v) is 6.36. The van der Waals surface area contributed by atoms with E-state index in [4.69, 9.17) is 65.4 Å². The Bertz CT molecular complexity index is 644. The van der Waals surface area contributed by atoms with E-state index in [1.54, 1.807) is 0 Å². The smallest absolute Gasteiger partial charge is 0.328 e. The number of hydrogen-bond acceptors (Lipinski definition) is 12. The summed E-state index contributed by atoms with van der Waals surface area (Å²) in [6, 6.07) is 0. The van der Waals surface area contributed by atoms with Crippen LogP contribution in [-0.4, -0.2) is 93.3 Å². The molecule has 0 aromatic rings. The van der Waals surface area contributed by atoms with Gasteiger partial charge in [-0.25, -0.2) is 0 Å². The molecule has 0 heterocycles. The first-order chi connectivity index (χ1) is 15.5. The number of carbonyl (C=O) groups excluding carboxylic acids is 4. The van der Waals surface area contributed by atoms with Crippen LogP contribution in [0.15, 0.2) is 0 Å². The van der Waals surface area contributed by atoms with Gasteiger partial charge >= 0.3 is 23.9 Å². The molecule has 0 radical (unpaired) electrons. The second-order valence-electron chi connectivity index (χ2n) is 6.08. The maximum atomic E-state index is 12.0. The molecule has 0 amide bonds. The number of alkyl halides is 4. The van der Waals surface area contributed by atoms with Crippen LogP contribution in [0.2, 0.25) is 0 Å². The number of ether oxygens (including phenoxy) is 4. The number of thiocarbonyl (C=S) groups is 4. The highest BCUT2D eigenvalue weighted by Crippen LogP contribution is 2.23. The first-order valence-corrected chi connectivity index (χ1v) is 12.1.